The molecule has 2 unspecified atom stereocenters. The van der Waals surface area contributed by atoms with Crippen molar-refractivity contribution in [2.24, 2.45) is 11.8 Å². The number of hydrogen-bond donors (Lipinski definition) is 1. The van der Waals surface area contributed by atoms with Gasteiger partial charge in [-0.15, -0.1) is 11.3 Å². The number of allylic oxidation sites excluding steroid dienone is 1. The van der Waals surface area contributed by atoms with Crippen molar-refractivity contribution in [2.45, 2.75) is 52.6 Å². The van der Waals surface area contributed by atoms with Gasteiger partial charge in [0.2, 0.25) is 0 Å². The van der Waals surface area contributed by atoms with Crippen molar-refractivity contribution in [3.63, 3.8) is 0 Å². The maximum Gasteiger partial charge on any atom is 0.134 e. The van der Waals surface area contributed by atoms with Crippen molar-refractivity contribution in [1.29, 1.82) is 0 Å². The zero-order valence-corrected chi connectivity index (χ0v) is 25.1. The molecule has 3 heterocycles. The standard InChI is InChI=1S/C33H37FN4O3S/c1-21(32-22(2)33(35)38-20-37-32)31(25-11-13-39-14-12-25)6-4-5-24-7-9-27(10-8-24)41-29-16-26(34)15-28(17-29)40-19-30-18-36-23(3)42-30/h4-5,7-10,15-18,20-21,25,31H,6,11-14,19H2,1-3H3,(H2,35,37,38). The zero-order chi connectivity index (χ0) is 29.5. The molecule has 0 bridgehead atoms. The molecule has 4 aromatic rings. The van der Waals surface area contributed by atoms with Gasteiger partial charge in [-0.3, -0.25) is 0 Å². The first-order chi connectivity index (χ1) is 20.4. The molecule has 0 radical (unpaired) electrons. The maximum atomic E-state index is 14.3. The molecular weight excluding hydrogens is 551 g/mol. The van der Waals surface area contributed by atoms with Crippen molar-refractivity contribution in [3.05, 3.63) is 93.6 Å². The van der Waals surface area contributed by atoms with Crippen LogP contribution < -0.4 is 15.2 Å². The molecule has 2 aromatic heterocycles. The number of aryl methyl sites for hydroxylation is 1. The molecule has 0 amide bonds. The number of nitrogen functional groups attached to an aromatic ring is 1. The molecule has 7 nitrogen and oxygen atoms in total. The number of rotatable bonds is 11. The molecule has 1 saturated heterocycles. The summed E-state index contributed by atoms with van der Waals surface area (Å²) in [7, 11) is 0. The minimum atomic E-state index is -0.421. The summed E-state index contributed by atoms with van der Waals surface area (Å²) in [4.78, 5) is 14.0. The summed E-state index contributed by atoms with van der Waals surface area (Å²) in [6.45, 7) is 8.12. The van der Waals surface area contributed by atoms with E-state index in [9.17, 15) is 4.39 Å². The SMILES string of the molecule is Cc1ncc(COc2cc(F)cc(Oc3ccc(C=CCC(C4CCOCC4)C(C)c4ncnc(N)c4C)cc3)c2)s1. The van der Waals surface area contributed by atoms with Gasteiger partial charge in [0.05, 0.1) is 15.6 Å². The Kier molecular flexibility index (Phi) is 9.81. The summed E-state index contributed by atoms with van der Waals surface area (Å²) in [6.07, 6.45) is 10.7. The quantitative estimate of drug-likeness (QED) is 0.190. The van der Waals surface area contributed by atoms with E-state index in [1.54, 1.807) is 29.9 Å². The highest BCUT2D eigenvalue weighted by atomic mass is 32.1. The largest absolute Gasteiger partial charge is 0.488 e. The summed E-state index contributed by atoms with van der Waals surface area (Å²) in [5, 5.41) is 0.965. The van der Waals surface area contributed by atoms with Crippen molar-refractivity contribution >= 4 is 23.2 Å². The average molecular weight is 589 g/mol. The first-order valence-electron chi connectivity index (χ1n) is 14.3. The lowest BCUT2D eigenvalue weighted by atomic mass is 9.74. The molecule has 2 atom stereocenters. The zero-order valence-electron chi connectivity index (χ0n) is 24.3. The highest BCUT2D eigenvalue weighted by molar-refractivity contribution is 7.11. The lowest BCUT2D eigenvalue weighted by Gasteiger charge is -2.34. The monoisotopic (exact) mass is 588 g/mol. The van der Waals surface area contributed by atoms with E-state index in [0.29, 0.717) is 41.5 Å². The highest BCUT2D eigenvalue weighted by Gasteiger charge is 2.30. The number of anilines is 1. The van der Waals surface area contributed by atoms with E-state index in [1.807, 2.05) is 38.1 Å². The summed E-state index contributed by atoms with van der Waals surface area (Å²) < 4.78 is 31.6. The molecule has 1 aliphatic rings. The smallest absolute Gasteiger partial charge is 0.134 e. The van der Waals surface area contributed by atoms with Crippen LogP contribution >= 0.6 is 11.3 Å². The van der Waals surface area contributed by atoms with Crippen LogP contribution in [0.5, 0.6) is 17.2 Å². The predicted octanol–water partition coefficient (Wildman–Crippen LogP) is 7.89. The van der Waals surface area contributed by atoms with Gasteiger partial charge in [-0.1, -0.05) is 31.2 Å². The second-order valence-electron chi connectivity index (χ2n) is 10.7. The minimum absolute atomic E-state index is 0.241. The highest BCUT2D eigenvalue weighted by Crippen LogP contribution is 2.39. The van der Waals surface area contributed by atoms with Crippen molar-refractivity contribution < 1.29 is 18.6 Å². The van der Waals surface area contributed by atoms with Crippen LogP contribution in [0.25, 0.3) is 6.08 Å². The van der Waals surface area contributed by atoms with Crippen LogP contribution in [0.1, 0.15) is 58.8 Å². The molecular formula is C33H37FN4O3S. The number of benzene rings is 2. The van der Waals surface area contributed by atoms with Gasteiger partial charge in [0, 0.05) is 49.1 Å². The Balaban J connectivity index is 1.22. The Bertz CT molecular complexity index is 1500. The third kappa shape index (κ3) is 7.72. The average Bonchev–Trinajstić information content (AvgIpc) is 3.41. The van der Waals surface area contributed by atoms with Crippen molar-refractivity contribution in [3.8, 4) is 17.2 Å². The van der Waals surface area contributed by atoms with Crippen molar-refractivity contribution in [2.75, 3.05) is 18.9 Å². The third-order valence-electron chi connectivity index (χ3n) is 7.84. The Morgan fingerprint density at radius 2 is 1.81 bits per heavy atom. The van der Waals surface area contributed by atoms with Crippen LogP contribution in [-0.2, 0) is 11.3 Å². The molecule has 2 aromatic carbocycles. The number of aromatic nitrogens is 3. The van der Waals surface area contributed by atoms with E-state index >= 15 is 0 Å². The fourth-order valence-corrected chi connectivity index (χ4v) is 6.25. The van der Waals surface area contributed by atoms with E-state index in [2.05, 4.69) is 34.0 Å². The normalized spacial score (nSPS) is 15.5. The Morgan fingerprint density at radius 1 is 1.05 bits per heavy atom. The van der Waals surface area contributed by atoms with Crippen LogP contribution in [0.3, 0.4) is 0 Å². The van der Waals surface area contributed by atoms with E-state index < -0.39 is 5.82 Å². The molecule has 9 heteroatoms. The fourth-order valence-electron chi connectivity index (χ4n) is 5.54. The van der Waals surface area contributed by atoms with Crippen molar-refractivity contribution in [1.82, 2.24) is 15.0 Å². The number of thiazole rings is 1. The van der Waals surface area contributed by atoms with Crippen LogP contribution in [0, 0.1) is 31.5 Å². The summed E-state index contributed by atoms with van der Waals surface area (Å²) in [5.41, 5.74) is 9.16. The van der Waals surface area contributed by atoms with Gasteiger partial charge in [0.1, 0.15) is 41.8 Å². The lowest BCUT2D eigenvalue weighted by molar-refractivity contribution is 0.0424. The van der Waals surface area contributed by atoms with Gasteiger partial charge in [-0.25, -0.2) is 19.3 Å². The molecule has 0 spiro atoms. The molecule has 1 aliphatic heterocycles. The predicted molar refractivity (Wildman–Crippen MR) is 164 cm³/mol. The Hall–Kier alpha value is -3.82. The second kappa shape index (κ2) is 13.9. The molecule has 1 fully saturated rings. The molecule has 42 heavy (non-hydrogen) atoms. The van der Waals surface area contributed by atoms with Crippen LogP contribution in [0.2, 0.25) is 0 Å². The van der Waals surface area contributed by atoms with Gasteiger partial charge in [-0.05, 0) is 62.6 Å². The third-order valence-corrected chi connectivity index (χ3v) is 8.72. The number of halogens is 1. The van der Waals surface area contributed by atoms with E-state index in [1.165, 1.54) is 12.1 Å². The van der Waals surface area contributed by atoms with Crippen LogP contribution in [-0.4, -0.2) is 28.2 Å². The van der Waals surface area contributed by atoms with Gasteiger partial charge in [-0.2, -0.15) is 0 Å². The molecule has 5 rings (SSSR count). The first-order valence-corrected chi connectivity index (χ1v) is 15.1. The number of ether oxygens (including phenoxy) is 3. The van der Waals surface area contributed by atoms with E-state index in [-0.39, 0.29) is 5.92 Å². The van der Waals surface area contributed by atoms with Gasteiger partial charge < -0.3 is 19.9 Å². The molecule has 2 N–H and O–H groups in total. The van der Waals surface area contributed by atoms with E-state index in [4.69, 9.17) is 19.9 Å². The summed E-state index contributed by atoms with van der Waals surface area (Å²) in [6, 6.07) is 12.2. The molecule has 0 saturated carbocycles. The number of nitrogens with zero attached hydrogens (tertiary/aromatic N) is 3. The minimum Gasteiger partial charge on any atom is -0.488 e. The lowest BCUT2D eigenvalue weighted by Crippen LogP contribution is -2.27. The number of nitrogens with two attached hydrogens (primary N) is 1. The number of hydrogen-bond acceptors (Lipinski definition) is 8. The Labute approximate surface area is 250 Å². The summed E-state index contributed by atoms with van der Waals surface area (Å²) >= 11 is 1.55. The van der Waals surface area contributed by atoms with E-state index in [0.717, 1.165) is 59.2 Å². The first kappa shape index (κ1) is 29.7. The van der Waals surface area contributed by atoms with Crippen LogP contribution in [0.4, 0.5) is 10.2 Å². The fraction of sp³-hybridized carbons (Fsp3) is 0.364. The van der Waals surface area contributed by atoms with Gasteiger partial charge in [0.25, 0.3) is 0 Å². The van der Waals surface area contributed by atoms with Gasteiger partial charge >= 0.3 is 0 Å². The Morgan fingerprint density at radius 3 is 2.55 bits per heavy atom. The topological polar surface area (TPSA) is 92.4 Å². The van der Waals surface area contributed by atoms with Crippen LogP contribution in [0.15, 0.2) is 61.1 Å². The molecule has 220 valence electrons. The maximum absolute atomic E-state index is 14.3. The summed E-state index contributed by atoms with van der Waals surface area (Å²) in [5.74, 6) is 2.73. The van der Waals surface area contributed by atoms with Gasteiger partial charge in [0.15, 0.2) is 0 Å². The molecule has 0 aliphatic carbocycles. The second-order valence-corrected chi connectivity index (χ2v) is 12.1.